The molecule has 0 N–H and O–H groups in total. The average molecular weight is 291 g/mol. The van der Waals surface area contributed by atoms with E-state index in [-0.39, 0.29) is 19.0 Å². The highest BCUT2D eigenvalue weighted by Gasteiger charge is 2.07. The lowest BCUT2D eigenvalue weighted by molar-refractivity contribution is -0.143. The molecule has 1 aromatic heterocycles. The van der Waals surface area contributed by atoms with Crippen molar-refractivity contribution in [3.8, 4) is 5.75 Å². The van der Waals surface area contributed by atoms with Gasteiger partial charge in [-0.05, 0) is 25.5 Å². The summed E-state index contributed by atoms with van der Waals surface area (Å²) < 4.78 is 10.7. The molecule has 1 heterocycles. The van der Waals surface area contributed by atoms with Crippen molar-refractivity contribution in [3.63, 3.8) is 0 Å². The van der Waals surface area contributed by atoms with Crippen molar-refractivity contribution in [2.24, 2.45) is 0 Å². The highest BCUT2D eigenvalue weighted by atomic mass is 32.1. The second-order valence-corrected chi connectivity index (χ2v) is 5.43. The summed E-state index contributed by atoms with van der Waals surface area (Å²) in [6.07, 6.45) is 0.217. The van der Waals surface area contributed by atoms with Crippen molar-refractivity contribution in [2.75, 3.05) is 13.2 Å². The molecule has 0 unspecified atom stereocenters. The first-order valence-electron chi connectivity index (χ1n) is 6.40. The molecule has 0 amide bonds. The van der Waals surface area contributed by atoms with Crippen LogP contribution >= 0.6 is 11.3 Å². The fourth-order valence-corrected chi connectivity index (χ4v) is 2.33. The molecule has 106 valence electrons. The molecule has 0 bridgehead atoms. The maximum atomic E-state index is 11.6. The highest BCUT2D eigenvalue weighted by Crippen LogP contribution is 2.15. The number of carbonyl (C=O) groups excluding carboxylic acids is 1. The third kappa shape index (κ3) is 4.35. The number of benzene rings is 1. The van der Waals surface area contributed by atoms with Gasteiger partial charge in [-0.3, -0.25) is 4.79 Å². The molecular formula is C15H17NO3S. The zero-order chi connectivity index (χ0) is 14.4. The molecule has 0 saturated heterocycles. The highest BCUT2D eigenvalue weighted by molar-refractivity contribution is 7.09. The van der Waals surface area contributed by atoms with Gasteiger partial charge >= 0.3 is 5.97 Å². The Morgan fingerprint density at radius 1 is 1.25 bits per heavy atom. The summed E-state index contributed by atoms with van der Waals surface area (Å²) in [4.78, 5) is 15.8. The van der Waals surface area contributed by atoms with Crippen LogP contribution in [0.15, 0.2) is 29.6 Å². The van der Waals surface area contributed by atoms with Crippen molar-refractivity contribution in [2.45, 2.75) is 20.3 Å². The lowest BCUT2D eigenvalue weighted by Crippen LogP contribution is -2.14. The lowest BCUT2D eigenvalue weighted by Gasteiger charge is -2.09. The van der Waals surface area contributed by atoms with Crippen LogP contribution in [0.2, 0.25) is 0 Å². The summed E-state index contributed by atoms with van der Waals surface area (Å²) >= 11 is 1.53. The van der Waals surface area contributed by atoms with Gasteiger partial charge in [0.2, 0.25) is 0 Å². The van der Waals surface area contributed by atoms with Crippen LogP contribution in [0.4, 0.5) is 0 Å². The largest absolute Gasteiger partial charge is 0.490 e. The SMILES string of the molecule is Cc1nc(CC(=O)OCCOc2ccccc2C)cs1. The van der Waals surface area contributed by atoms with Crippen molar-refractivity contribution >= 4 is 17.3 Å². The quantitative estimate of drug-likeness (QED) is 0.606. The van der Waals surface area contributed by atoms with Crippen LogP contribution in [0.3, 0.4) is 0 Å². The minimum Gasteiger partial charge on any atom is -0.490 e. The number of para-hydroxylation sites is 1. The van der Waals surface area contributed by atoms with E-state index < -0.39 is 0 Å². The molecule has 0 aliphatic heterocycles. The maximum absolute atomic E-state index is 11.6. The molecule has 0 radical (unpaired) electrons. The number of nitrogens with zero attached hydrogens (tertiary/aromatic N) is 1. The minimum absolute atomic E-state index is 0.217. The first kappa shape index (κ1) is 14.5. The molecule has 4 nitrogen and oxygen atoms in total. The van der Waals surface area contributed by atoms with Crippen LogP contribution in [-0.4, -0.2) is 24.2 Å². The van der Waals surface area contributed by atoms with Crippen LogP contribution in [0.25, 0.3) is 0 Å². The zero-order valence-electron chi connectivity index (χ0n) is 11.6. The van der Waals surface area contributed by atoms with Gasteiger partial charge in [0.15, 0.2) is 0 Å². The lowest BCUT2D eigenvalue weighted by atomic mass is 10.2. The van der Waals surface area contributed by atoms with Crippen LogP contribution in [-0.2, 0) is 16.0 Å². The van der Waals surface area contributed by atoms with Crippen molar-refractivity contribution in [1.29, 1.82) is 0 Å². The second-order valence-electron chi connectivity index (χ2n) is 4.37. The third-order valence-corrected chi connectivity index (χ3v) is 3.51. The monoisotopic (exact) mass is 291 g/mol. The van der Waals surface area contributed by atoms with Crippen molar-refractivity contribution < 1.29 is 14.3 Å². The average Bonchev–Trinajstić information content (AvgIpc) is 2.82. The van der Waals surface area contributed by atoms with Crippen LogP contribution in [0.5, 0.6) is 5.75 Å². The minimum atomic E-state index is -0.274. The van der Waals surface area contributed by atoms with E-state index in [0.29, 0.717) is 6.61 Å². The second kappa shape index (κ2) is 7.05. The summed E-state index contributed by atoms with van der Waals surface area (Å²) in [5.74, 6) is 0.544. The van der Waals surface area contributed by atoms with E-state index in [1.54, 1.807) is 0 Å². The van der Waals surface area contributed by atoms with Gasteiger partial charge in [-0.1, -0.05) is 18.2 Å². The third-order valence-electron chi connectivity index (χ3n) is 2.69. The molecule has 1 aromatic carbocycles. The van der Waals surface area contributed by atoms with E-state index >= 15 is 0 Å². The van der Waals surface area contributed by atoms with E-state index in [1.807, 2.05) is 43.5 Å². The number of rotatable bonds is 6. The molecule has 0 fully saturated rings. The molecule has 0 aliphatic rings. The van der Waals surface area contributed by atoms with Gasteiger partial charge in [-0.15, -0.1) is 11.3 Å². The predicted octanol–water partition coefficient (Wildman–Crippen LogP) is 2.92. The summed E-state index contributed by atoms with van der Waals surface area (Å²) in [6.45, 7) is 4.49. The number of thiazole rings is 1. The van der Waals surface area contributed by atoms with Gasteiger partial charge in [-0.25, -0.2) is 4.98 Å². The van der Waals surface area contributed by atoms with E-state index in [0.717, 1.165) is 22.0 Å². The Hall–Kier alpha value is -1.88. The van der Waals surface area contributed by atoms with Crippen LogP contribution < -0.4 is 4.74 Å². The number of hydrogen-bond donors (Lipinski definition) is 0. The van der Waals surface area contributed by atoms with E-state index in [1.165, 1.54) is 11.3 Å². The number of ether oxygens (including phenoxy) is 2. The number of hydrogen-bond acceptors (Lipinski definition) is 5. The molecule has 20 heavy (non-hydrogen) atoms. The first-order chi connectivity index (χ1) is 9.65. The van der Waals surface area contributed by atoms with Gasteiger partial charge in [0.25, 0.3) is 0 Å². The van der Waals surface area contributed by atoms with E-state index in [2.05, 4.69) is 4.98 Å². The molecule has 2 rings (SSSR count). The Kier molecular flexibility index (Phi) is 5.12. The maximum Gasteiger partial charge on any atom is 0.312 e. The number of aromatic nitrogens is 1. The van der Waals surface area contributed by atoms with E-state index in [9.17, 15) is 4.79 Å². The molecule has 5 heteroatoms. The van der Waals surface area contributed by atoms with Crippen LogP contribution in [0, 0.1) is 13.8 Å². The van der Waals surface area contributed by atoms with Gasteiger partial charge in [0, 0.05) is 5.38 Å². The molecule has 2 aromatic rings. The number of aryl methyl sites for hydroxylation is 2. The molecular weight excluding hydrogens is 274 g/mol. The van der Waals surface area contributed by atoms with Crippen LogP contribution in [0.1, 0.15) is 16.3 Å². The Labute approximate surface area is 122 Å². The molecule has 0 saturated carbocycles. The topological polar surface area (TPSA) is 48.4 Å². The van der Waals surface area contributed by atoms with E-state index in [4.69, 9.17) is 9.47 Å². The summed E-state index contributed by atoms with van der Waals surface area (Å²) in [6, 6.07) is 7.75. The predicted molar refractivity (Wildman–Crippen MR) is 78.2 cm³/mol. The Morgan fingerprint density at radius 3 is 2.75 bits per heavy atom. The summed E-state index contributed by atoms with van der Waals surface area (Å²) in [5.41, 5.74) is 1.83. The Balaban J connectivity index is 1.68. The Bertz CT molecular complexity index is 580. The number of esters is 1. The van der Waals surface area contributed by atoms with Crippen molar-refractivity contribution in [1.82, 2.24) is 4.98 Å². The van der Waals surface area contributed by atoms with Gasteiger partial charge < -0.3 is 9.47 Å². The summed E-state index contributed by atoms with van der Waals surface area (Å²) in [7, 11) is 0. The molecule has 0 atom stereocenters. The van der Waals surface area contributed by atoms with Gasteiger partial charge in [0.05, 0.1) is 17.1 Å². The van der Waals surface area contributed by atoms with Gasteiger partial charge in [-0.2, -0.15) is 0 Å². The number of carbonyl (C=O) groups is 1. The van der Waals surface area contributed by atoms with Gasteiger partial charge in [0.1, 0.15) is 19.0 Å². The fraction of sp³-hybridized carbons (Fsp3) is 0.333. The first-order valence-corrected chi connectivity index (χ1v) is 7.28. The zero-order valence-corrected chi connectivity index (χ0v) is 12.4. The van der Waals surface area contributed by atoms with Crippen molar-refractivity contribution in [3.05, 3.63) is 45.9 Å². The molecule has 0 spiro atoms. The standard InChI is InChI=1S/C15H17NO3S/c1-11-5-3-4-6-14(11)18-7-8-19-15(17)9-13-10-20-12(2)16-13/h3-6,10H,7-9H2,1-2H3. The normalized spacial score (nSPS) is 10.3. The fourth-order valence-electron chi connectivity index (χ4n) is 1.71. The smallest absolute Gasteiger partial charge is 0.312 e. The molecule has 0 aliphatic carbocycles. The Morgan fingerprint density at radius 2 is 2.05 bits per heavy atom. The summed E-state index contributed by atoms with van der Waals surface area (Å²) in [5, 5.41) is 2.83.